The molecule has 0 spiro atoms. The molecule has 0 unspecified atom stereocenters. The first kappa shape index (κ1) is 24.4. The molecule has 31 heavy (non-hydrogen) atoms. The van der Waals surface area contributed by atoms with E-state index in [1.54, 1.807) is 36.4 Å². The number of carbonyl (C=O) groups is 2. The molecule has 0 saturated heterocycles. The quantitative estimate of drug-likeness (QED) is 0.617. The molecule has 0 aliphatic heterocycles. The highest BCUT2D eigenvalue weighted by Gasteiger charge is 2.29. The summed E-state index contributed by atoms with van der Waals surface area (Å²) in [7, 11) is -3.73. The first-order chi connectivity index (χ1) is 14.6. The second kappa shape index (κ2) is 10.4. The molecule has 0 bridgehead atoms. The standard InChI is InChI=1S/C23H31N3O4S/c1-6-16(3)24-23(28)20-10-8-9-11-21(20)25-22(27)17(4)26(31(5,29)30)19-14-12-18(7-2)13-15-19/h8-17H,6-7H2,1-5H3,(H,24,28)(H,25,27)/t16-,17+/m1/s1. The predicted octanol–water partition coefficient (Wildman–Crippen LogP) is 3.57. The maximum Gasteiger partial charge on any atom is 0.253 e. The van der Waals surface area contributed by atoms with Crippen molar-refractivity contribution in [3.63, 3.8) is 0 Å². The summed E-state index contributed by atoms with van der Waals surface area (Å²) >= 11 is 0. The summed E-state index contributed by atoms with van der Waals surface area (Å²) in [6.07, 6.45) is 2.67. The topological polar surface area (TPSA) is 95.6 Å². The number of sulfonamides is 1. The van der Waals surface area contributed by atoms with Crippen molar-refractivity contribution in [3.8, 4) is 0 Å². The molecule has 7 nitrogen and oxygen atoms in total. The summed E-state index contributed by atoms with van der Waals surface area (Å²) in [6, 6.07) is 12.7. The number of para-hydroxylation sites is 1. The molecule has 168 valence electrons. The minimum absolute atomic E-state index is 0.0120. The van der Waals surface area contributed by atoms with Crippen molar-refractivity contribution in [2.45, 2.75) is 52.6 Å². The molecule has 0 heterocycles. The van der Waals surface area contributed by atoms with Gasteiger partial charge in [0.25, 0.3) is 5.91 Å². The number of benzene rings is 2. The van der Waals surface area contributed by atoms with Gasteiger partial charge in [0.1, 0.15) is 6.04 Å². The normalized spacial score (nSPS) is 13.2. The molecule has 2 aromatic carbocycles. The Labute approximate surface area is 184 Å². The zero-order chi connectivity index (χ0) is 23.2. The molecule has 2 aromatic rings. The van der Waals surface area contributed by atoms with E-state index >= 15 is 0 Å². The van der Waals surface area contributed by atoms with Crippen molar-refractivity contribution in [1.82, 2.24) is 5.32 Å². The van der Waals surface area contributed by atoms with Crippen molar-refractivity contribution in [1.29, 1.82) is 0 Å². The zero-order valence-electron chi connectivity index (χ0n) is 18.7. The van der Waals surface area contributed by atoms with Crippen LogP contribution < -0.4 is 14.9 Å². The van der Waals surface area contributed by atoms with E-state index < -0.39 is 22.0 Å². The monoisotopic (exact) mass is 445 g/mol. The number of anilines is 2. The van der Waals surface area contributed by atoms with Gasteiger partial charge in [-0.25, -0.2) is 8.42 Å². The van der Waals surface area contributed by atoms with E-state index in [4.69, 9.17) is 0 Å². The van der Waals surface area contributed by atoms with E-state index in [0.717, 1.165) is 29.0 Å². The van der Waals surface area contributed by atoms with Gasteiger partial charge in [0, 0.05) is 6.04 Å². The molecular formula is C23H31N3O4S. The third kappa shape index (κ3) is 6.30. The van der Waals surface area contributed by atoms with Crippen LogP contribution in [0, 0.1) is 0 Å². The Hall–Kier alpha value is -2.87. The van der Waals surface area contributed by atoms with Crippen molar-refractivity contribution in [3.05, 3.63) is 59.7 Å². The minimum Gasteiger partial charge on any atom is -0.350 e. The lowest BCUT2D eigenvalue weighted by atomic mass is 10.1. The fourth-order valence-corrected chi connectivity index (χ4v) is 4.29. The molecule has 2 atom stereocenters. The third-order valence-electron chi connectivity index (χ3n) is 5.11. The van der Waals surface area contributed by atoms with Gasteiger partial charge in [-0.3, -0.25) is 13.9 Å². The number of nitrogens with one attached hydrogen (secondary N) is 2. The summed E-state index contributed by atoms with van der Waals surface area (Å²) in [5.74, 6) is -0.832. The number of aryl methyl sites for hydroxylation is 1. The Morgan fingerprint density at radius 2 is 1.61 bits per heavy atom. The molecule has 2 amide bonds. The Kier molecular flexibility index (Phi) is 8.21. The largest absolute Gasteiger partial charge is 0.350 e. The molecule has 0 aliphatic carbocycles. The van der Waals surface area contributed by atoms with Crippen LogP contribution in [0.25, 0.3) is 0 Å². The minimum atomic E-state index is -3.73. The van der Waals surface area contributed by atoms with E-state index in [1.165, 1.54) is 6.92 Å². The fourth-order valence-electron chi connectivity index (χ4n) is 3.12. The molecule has 0 aliphatic rings. The van der Waals surface area contributed by atoms with Crippen LogP contribution in [0.15, 0.2) is 48.5 Å². The van der Waals surface area contributed by atoms with Crippen LogP contribution >= 0.6 is 0 Å². The van der Waals surface area contributed by atoms with Crippen LogP contribution in [0.1, 0.15) is 50.0 Å². The summed E-state index contributed by atoms with van der Waals surface area (Å²) in [5.41, 5.74) is 2.12. The number of carbonyl (C=O) groups excluding carboxylic acids is 2. The lowest BCUT2D eigenvalue weighted by Crippen LogP contribution is -2.45. The third-order valence-corrected chi connectivity index (χ3v) is 6.35. The molecule has 0 saturated carbocycles. The average Bonchev–Trinajstić information content (AvgIpc) is 2.73. The maximum atomic E-state index is 13.0. The van der Waals surface area contributed by atoms with Gasteiger partial charge in [0.15, 0.2) is 0 Å². The predicted molar refractivity (Wildman–Crippen MR) is 125 cm³/mol. The van der Waals surface area contributed by atoms with Crippen LogP contribution in [-0.2, 0) is 21.2 Å². The van der Waals surface area contributed by atoms with Gasteiger partial charge in [-0.15, -0.1) is 0 Å². The van der Waals surface area contributed by atoms with Crippen LogP contribution in [-0.4, -0.2) is 38.6 Å². The number of nitrogens with zero attached hydrogens (tertiary/aromatic N) is 1. The van der Waals surface area contributed by atoms with Crippen LogP contribution in [0.5, 0.6) is 0 Å². The van der Waals surface area contributed by atoms with Crippen LogP contribution in [0.4, 0.5) is 11.4 Å². The lowest BCUT2D eigenvalue weighted by Gasteiger charge is -2.28. The molecule has 0 radical (unpaired) electrons. The highest BCUT2D eigenvalue weighted by Crippen LogP contribution is 2.23. The number of hydrogen-bond donors (Lipinski definition) is 2. The van der Waals surface area contributed by atoms with Crippen molar-refractivity contribution >= 4 is 33.2 Å². The van der Waals surface area contributed by atoms with Gasteiger partial charge in [-0.1, -0.05) is 38.1 Å². The highest BCUT2D eigenvalue weighted by molar-refractivity contribution is 7.92. The molecule has 2 rings (SSSR count). The molecule has 2 N–H and O–H groups in total. The van der Waals surface area contributed by atoms with Crippen LogP contribution in [0.3, 0.4) is 0 Å². The van der Waals surface area contributed by atoms with Gasteiger partial charge in [-0.05, 0) is 56.5 Å². The van der Waals surface area contributed by atoms with E-state index in [2.05, 4.69) is 10.6 Å². The number of amides is 2. The van der Waals surface area contributed by atoms with Crippen molar-refractivity contribution < 1.29 is 18.0 Å². The van der Waals surface area contributed by atoms with Gasteiger partial charge in [0.05, 0.1) is 23.2 Å². The Morgan fingerprint density at radius 3 is 2.16 bits per heavy atom. The Balaban J connectivity index is 2.30. The van der Waals surface area contributed by atoms with Crippen molar-refractivity contribution in [2.75, 3.05) is 15.9 Å². The van der Waals surface area contributed by atoms with E-state index in [0.29, 0.717) is 16.9 Å². The smallest absolute Gasteiger partial charge is 0.253 e. The summed E-state index contributed by atoms with van der Waals surface area (Å²) in [4.78, 5) is 25.6. The van der Waals surface area contributed by atoms with Crippen LogP contribution in [0.2, 0.25) is 0 Å². The first-order valence-corrected chi connectivity index (χ1v) is 12.2. The number of hydrogen-bond acceptors (Lipinski definition) is 4. The van der Waals surface area contributed by atoms with E-state index in [-0.39, 0.29) is 11.9 Å². The van der Waals surface area contributed by atoms with Crippen molar-refractivity contribution in [2.24, 2.45) is 0 Å². The SMILES string of the molecule is CCc1ccc(N([C@@H](C)C(=O)Nc2ccccc2C(=O)N[C@H](C)CC)S(C)(=O)=O)cc1. The summed E-state index contributed by atoms with van der Waals surface area (Å²) in [5, 5.41) is 5.60. The van der Waals surface area contributed by atoms with E-state index in [1.807, 2.05) is 32.9 Å². The fraction of sp³-hybridized carbons (Fsp3) is 0.391. The second-order valence-electron chi connectivity index (χ2n) is 7.57. The van der Waals surface area contributed by atoms with E-state index in [9.17, 15) is 18.0 Å². The zero-order valence-corrected chi connectivity index (χ0v) is 19.5. The molecule has 0 aromatic heterocycles. The summed E-state index contributed by atoms with van der Waals surface area (Å²) in [6.45, 7) is 7.39. The summed E-state index contributed by atoms with van der Waals surface area (Å²) < 4.78 is 26.1. The molecule has 0 fully saturated rings. The first-order valence-electron chi connectivity index (χ1n) is 10.4. The Morgan fingerprint density at radius 1 is 1.00 bits per heavy atom. The second-order valence-corrected chi connectivity index (χ2v) is 9.43. The average molecular weight is 446 g/mol. The van der Waals surface area contributed by atoms with Gasteiger partial charge < -0.3 is 10.6 Å². The Bertz CT molecular complexity index is 1020. The van der Waals surface area contributed by atoms with Gasteiger partial charge >= 0.3 is 0 Å². The number of rotatable bonds is 9. The lowest BCUT2D eigenvalue weighted by molar-refractivity contribution is -0.116. The maximum absolute atomic E-state index is 13.0. The molecular weight excluding hydrogens is 414 g/mol. The highest BCUT2D eigenvalue weighted by atomic mass is 32.2. The molecule has 8 heteroatoms. The van der Waals surface area contributed by atoms with Gasteiger partial charge in [0.2, 0.25) is 15.9 Å². The van der Waals surface area contributed by atoms with Gasteiger partial charge in [-0.2, -0.15) is 0 Å².